The van der Waals surface area contributed by atoms with Gasteiger partial charge in [0.05, 0.1) is 0 Å². The molecule has 0 saturated heterocycles. The Morgan fingerprint density at radius 1 is 1.67 bits per heavy atom. The minimum absolute atomic E-state index is 0. The molecular weight excluding hydrogens is 135 g/mol. The molecule has 0 aliphatic rings. The van der Waals surface area contributed by atoms with Crippen molar-refractivity contribution >= 4 is 0 Å². The summed E-state index contributed by atoms with van der Waals surface area (Å²) in [5.74, 6) is 0. The molecule has 0 heterocycles. The number of hydrogen-bond donors (Lipinski definition) is 2. The first-order valence-electron chi connectivity index (χ1n) is 0.565. The van der Waals surface area contributed by atoms with Crippen LogP contribution >= 0.6 is 0 Å². The Kier molecular flexibility index (Phi) is 25.5. The third kappa shape index (κ3) is 234. The van der Waals surface area contributed by atoms with E-state index in [0.29, 0.717) is 0 Å². The van der Waals surface area contributed by atoms with Crippen LogP contribution in [0, 0.1) is 10.1 Å². The average molecular weight is 139 g/mol. The Bertz CT molecular complexity index is 31.8. The Hall–Kier alpha value is -0.334. The fraction of sp³-hybridized carbons (Fsp3) is 0. The van der Waals surface area contributed by atoms with Crippen LogP contribution in [0.25, 0.3) is 0 Å². The van der Waals surface area contributed by atoms with Crippen LogP contribution in [0.1, 0.15) is 0 Å². The average Bonchev–Trinajstić information content (AvgIpc) is 0.811. The molecule has 0 rings (SSSR count). The van der Waals surface area contributed by atoms with Gasteiger partial charge in [0.15, 0.2) is 0 Å². The SMILES string of the molecule is N.O=[N+]([O-])O.[Co]. The maximum Gasteiger partial charge on any atom is 0.291 e. The van der Waals surface area contributed by atoms with Gasteiger partial charge in [-0.25, -0.2) is 0 Å². The molecule has 0 aliphatic carbocycles. The Labute approximate surface area is 44.2 Å². The smallest absolute Gasteiger partial charge is 0.291 e. The third-order valence-electron chi connectivity index (χ3n) is 0. The van der Waals surface area contributed by atoms with Gasteiger partial charge in [-0.2, -0.15) is 0 Å². The molecule has 6 heavy (non-hydrogen) atoms. The Morgan fingerprint density at radius 2 is 1.67 bits per heavy atom. The van der Waals surface area contributed by atoms with E-state index in [0.717, 1.165) is 0 Å². The van der Waals surface area contributed by atoms with Crippen molar-refractivity contribution in [3.63, 3.8) is 0 Å². The van der Waals surface area contributed by atoms with Gasteiger partial charge in [-0.05, 0) is 0 Å². The minimum Gasteiger partial charge on any atom is -0.344 e. The predicted molar refractivity (Wildman–Crippen MR) is 13.8 cm³/mol. The summed E-state index contributed by atoms with van der Waals surface area (Å²) in [6.07, 6.45) is 0. The number of rotatable bonds is 0. The van der Waals surface area contributed by atoms with E-state index in [1.165, 1.54) is 0 Å². The molecular formula is H4CoN2O3. The van der Waals surface area contributed by atoms with E-state index in [9.17, 15) is 0 Å². The first-order chi connectivity index (χ1) is 1.73. The van der Waals surface area contributed by atoms with Crippen molar-refractivity contribution in [1.29, 1.82) is 0 Å². The van der Waals surface area contributed by atoms with Gasteiger partial charge in [-0.1, -0.05) is 0 Å². The molecule has 0 unspecified atom stereocenters. The van der Waals surface area contributed by atoms with Crippen molar-refractivity contribution in [1.82, 2.24) is 6.15 Å². The second kappa shape index (κ2) is 8.82. The number of hydrogen-bond acceptors (Lipinski definition) is 3. The van der Waals surface area contributed by atoms with Crippen molar-refractivity contribution in [2.75, 3.05) is 0 Å². The fourth-order valence-corrected chi connectivity index (χ4v) is 0. The fourth-order valence-electron chi connectivity index (χ4n) is 0. The van der Waals surface area contributed by atoms with E-state index in [2.05, 4.69) is 0 Å². The van der Waals surface area contributed by atoms with E-state index in [-0.39, 0.29) is 22.9 Å². The molecule has 1 radical (unpaired) electrons. The normalized spacial score (nSPS) is 4.00. The van der Waals surface area contributed by atoms with Gasteiger partial charge in [0, 0.05) is 16.8 Å². The van der Waals surface area contributed by atoms with Gasteiger partial charge in [-0.15, -0.1) is 10.1 Å². The monoisotopic (exact) mass is 139 g/mol. The molecule has 0 fully saturated rings. The third-order valence-corrected chi connectivity index (χ3v) is 0. The van der Waals surface area contributed by atoms with Gasteiger partial charge in [-0.3, -0.25) is 0 Å². The maximum absolute atomic E-state index is 8.36. The van der Waals surface area contributed by atoms with Crippen LogP contribution in [0.15, 0.2) is 0 Å². The van der Waals surface area contributed by atoms with Gasteiger partial charge < -0.3 is 11.4 Å². The molecule has 0 aliphatic heterocycles. The minimum atomic E-state index is -1.50. The second-order valence-corrected chi connectivity index (χ2v) is 0.238. The molecule has 0 atom stereocenters. The van der Waals surface area contributed by atoms with Gasteiger partial charge >= 0.3 is 0 Å². The quantitative estimate of drug-likeness (QED) is 0.359. The molecule has 0 saturated carbocycles. The molecule has 41 valence electrons. The zero-order chi connectivity index (χ0) is 3.58. The molecule has 6 heteroatoms. The van der Waals surface area contributed by atoms with Crippen molar-refractivity contribution in [2.24, 2.45) is 0 Å². The molecule has 0 aromatic heterocycles. The van der Waals surface area contributed by atoms with Crippen molar-refractivity contribution in [2.45, 2.75) is 0 Å². The number of nitrogens with zero attached hydrogens (tertiary/aromatic N) is 1. The van der Waals surface area contributed by atoms with Crippen LogP contribution in [0.4, 0.5) is 0 Å². The molecule has 0 amide bonds. The predicted octanol–water partition coefficient (Wildman–Crippen LogP) is -0.188. The molecule has 0 aromatic carbocycles. The van der Waals surface area contributed by atoms with Crippen LogP contribution in [0.5, 0.6) is 0 Å². The Balaban J connectivity index is -0.0000000450. The summed E-state index contributed by atoms with van der Waals surface area (Å²) in [6.45, 7) is 0. The summed E-state index contributed by atoms with van der Waals surface area (Å²) in [7, 11) is 0. The second-order valence-electron chi connectivity index (χ2n) is 0.238. The van der Waals surface area contributed by atoms with Gasteiger partial charge in [0.25, 0.3) is 5.09 Å². The maximum atomic E-state index is 8.36. The van der Waals surface area contributed by atoms with Gasteiger partial charge in [0.2, 0.25) is 0 Å². The first kappa shape index (κ1) is 17.4. The van der Waals surface area contributed by atoms with Crippen LogP contribution in [-0.4, -0.2) is 10.3 Å². The Morgan fingerprint density at radius 3 is 1.67 bits per heavy atom. The van der Waals surface area contributed by atoms with E-state index >= 15 is 0 Å². The molecule has 4 N–H and O–H groups in total. The summed E-state index contributed by atoms with van der Waals surface area (Å²) in [5, 5.41) is 13.6. The summed E-state index contributed by atoms with van der Waals surface area (Å²) >= 11 is 0. The van der Waals surface area contributed by atoms with Crippen LogP contribution in [0.2, 0.25) is 0 Å². The summed E-state index contributed by atoms with van der Waals surface area (Å²) in [5.41, 5.74) is 0. The van der Waals surface area contributed by atoms with Crippen LogP contribution in [-0.2, 0) is 16.8 Å². The zero-order valence-electron chi connectivity index (χ0n) is 2.75. The van der Waals surface area contributed by atoms with E-state index < -0.39 is 5.09 Å². The molecule has 0 bridgehead atoms. The molecule has 0 aromatic rings. The van der Waals surface area contributed by atoms with Crippen LogP contribution < -0.4 is 6.15 Å². The van der Waals surface area contributed by atoms with E-state index in [1.54, 1.807) is 0 Å². The van der Waals surface area contributed by atoms with Crippen molar-refractivity contribution < 1.29 is 27.1 Å². The van der Waals surface area contributed by atoms with Gasteiger partial charge in [0.1, 0.15) is 0 Å². The largest absolute Gasteiger partial charge is 0.344 e. The van der Waals surface area contributed by atoms with E-state index in [4.69, 9.17) is 15.3 Å². The van der Waals surface area contributed by atoms with E-state index in [1.807, 2.05) is 0 Å². The van der Waals surface area contributed by atoms with Crippen LogP contribution in [0.3, 0.4) is 0 Å². The first-order valence-corrected chi connectivity index (χ1v) is 0.565. The summed E-state index contributed by atoms with van der Waals surface area (Å²) < 4.78 is 0. The molecule has 5 nitrogen and oxygen atoms in total. The molecule has 0 spiro atoms. The van der Waals surface area contributed by atoms with Crippen molar-refractivity contribution in [3.05, 3.63) is 10.1 Å². The zero-order valence-corrected chi connectivity index (χ0v) is 3.79. The summed E-state index contributed by atoms with van der Waals surface area (Å²) in [4.78, 5) is 8.36. The van der Waals surface area contributed by atoms with Crippen molar-refractivity contribution in [3.8, 4) is 0 Å². The summed E-state index contributed by atoms with van der Waals surface area (Å²) in [6, 6.07) is 0. The standard InChI is InChI=1S/Co.HNO3.H3N/c;2-1(3)4;/h;(H,2,3,4);1H3. The topological polar surface area (TPSA) is 98.4 Å².